The summed E-state index contributed by atoms with van der Waals surface area (Å²) in [5.41, 5.74) is 7.28. The van der Waals surface area contributed by atoms with Gasteiger partial charge in [-0.25, -0.2) is 4.39 Å². The minimum atomic E-state index is -0.471. The van der Waals surface area contributed by atoms with Crippen LogP contribution in [0.1, 0.15) is 28.8 Å². The van der Waals surface area contributed by atoms with Gasteiger partial charge in [-0.3, -0.25) is 4.79 Å². The lowest BCUT2D eigenvalue weighted by Gasteiger charge is -2.15. The number of ketones is 1. The Kier molecular flexibility index (Phi) is 2.63. The van der Waals surface area contributed by atoms with Crippen LogP contribution >= 0.6 is 0 Å². The van der Waals surface area contributed by atoms with Crippen molar-refractivity contribution < 1.29 is 9.18 Å². The SMILES string of the molecule is Nc1ccc(C2(C(=O)c3cccc(F)c3)CC2)cc1. The third kappa shape index (κ3) is 2.01. The van der Waals surface area contributed by atoms with E-state index in [0.29, 0.717) is 11.3 Å². The van der Waals surface area contributed by atoms with Crippen LogP contribution in [-0.2, 0) is 5.41 Å². The Morgan fingerprint density at radius 3 is 2.37 bits per heavy atom. The third-order valence-electron chi connectivity index (χ3n) is 3.73. The molecular formula is C16H14FNO. The maximum atomic E-state index is 13.2. The molecule has 1 aliphatic rings. The van der Waals surface area contributed by atoms with Gasteiger partial charge in [-0.1, -0.05) is 24.3 Å². The summed E-state index contributed by atoms with van der Waals surface area (Å²) >= 11 is 0. The van der Waals surface area contributed by atoms with Gasteiger partial charge in [-0.2, -0.15) is 0 Å². The highest BCUT2D eigenvalue weighted by Crippen LogP contribution is 2.50. The average molecular weight is 255 g/mol. The van der Waals surface area contributed by atoms with Crippen molar-refractivity contribution in [3.63, 3.8) is 0 Å². The number of halogens is 1. The number of hydrogen-bond donors (Lipinski definition) is 1. The van der Waals surface area contributed by atoms with E-state index in [2.05, 4.69) is 0 Å². The second-order valence-electron chi connectivity index (χ2n) is 5.04. The van der Waals surface area contributed by atoms with Crippen LogP contribution in [0.5, 0.6) is 0 Å². The summed E-state index contributed by atoms with van der Waals surface area (Å²) in [5, 5.41) is 0. The van der Waals surface area contributed by atoms with E-state index < -0.39 is 5.41 Å². The topological polar surface area (TPSA) is 43.1 Å². The minimum Gasteiger partial charge on any atom is -0.399 e. The Hall–Kier alpha value is -2.16. The quantitative estimate of drug-likeness (QED) is 0.675. The van der Waals surface area contributed by atoms with Crippen molar-refractivity contribution in [2.24, 2.45) is 0 Å². The van der Waals surface area contributed by atoms with E-state index in [1.807, 2.05) is 12.1 Å². The molecule has 0 spiro atoms. The Morgan fingerprint density at radius 2 is 1.79 bits per heavy atom. The normalized spacial score (nSPS) is 16.1. The van der Waals surface area contributed by atoms with Gasteiger partial charge in [0.2, 0.25) is 0 Å². The first-order chi connectivity index (χ1) is 9.12. The maximum Gasteiger partial charge on any atom is 0.173 e. The number of carbonyl (C=O) groups excluding carboxylic acids is 1. The number of hydrogen-bond acceptors (Lipinski definition) is 2. The van der Waals surface area contributed by atoms with Crippen molar-refractivity contribution >= 4 is 11.5 Å². The molecule has 0 unspecified atom stereocenters. The van der Waals surface area contributed by atoms with Gasteiger partial charge in [0.25, 0.3) is 0 Å². The number of rotatable bonds is 3. The third-order valence-corrected chi connectivity index (χ3v) is 3.73. The van der Waals surface area contributed by atoms with E-state index in [0.717, 1.165) is 18.4 Å². The summed E-state index contributed by atoms with van der Waals surface area (Å²) in [5.74, 6) is -0.379. The molecule has 3 rings (SSSR count). The van der Waals surface area contributed by atoms with Crippen molar-refractivity contribution in [1.82, 2.24) is 0 Å². The minimum absolute atomic E-state index is 0.00299. The lowest BCUT2D eigenvalue weighted by molar-refractivity contribution is 0.0945. The van der Waals surface area contributed by atoms with Crippen LogP contribution in [0.2, 0.25) is 0 Å². The molecule has 0 aromatic heterocycles. The summed E-state index contributed by atoms with van der Waals surface area (Å²) in [6.45, 7) is 0. The molecule has 2 aromatic carbocycles. The molecule has 0 saturated heterocycles. The fraction of sp³-hybridized carbons (Fsp3) is 0.188. The zero-order chi connectivity index (χ0) is 13.5. The van der Waals surface area contributed by atoms with E-state index in [4.69, 9.17) is 5.73 Å². The highest BCUT2D eigenvalue weighted by Gasteiger charge is 2.51. The van der Waals surface area contributed by atoms with E-state index in [1.165, 1.54) is 12.1 Å². The maximum absolute atomic E-state index is 13.2. The molecule has 0 radical (unpaired) electrons. The summed E-state index contributed by atoms with van der Waals surface area (Å²) in [6, 6.07) is 13.3. The lowest BCUT2D eigenvalue weighted by atomic mass is 9.87. The van der Waals surface area contributed by atoms with E-state index in [1.54, 1.807) is 24.3 Å². The molecule has 2 nitrogen and oxygen atoms in total. The molecule has 2 aromatic rings. The zero-order valence-corrected chi connectivity index (χ0v) is 10.4. The van der Waals surface area contributed by atoms with Gasteiger partial charge in [0, 0.05) is 11.3 Å². The molecule has 0 atom stereocenters. The van der Waals surface area contributed by atoms with Gasteiger partial charge in [-0.05, 0) is 42.7 Å². The lowest BCUT2D eigenvalue weighted by Crippen LogP contribution is -2.20. The van der Waals surface area contributed by atoms with Gasteiger partial charge < -0.3 is 5.73 Å². The first-order valence-corrected chi connectivity index (χ1v) is 6.28. The highest BCUT2D eigenvalue weighted by molar-refractivity contribution is 6.06. The van der Waals surface area contributed by atoms with Crippen LogP contribution in [0.15, 0.2) is 48.5 Å². The molecule has 1 saturated carbocycles. The fourth-order valence-electron chi connectivity index (χ4n) is 2.48. The number of anilines is 1. The Labute approximate surface area is 111 Å². The summed E-state index contributed by atoms with van der Waals surface area (Å²) < 4.78 is 13.2. The van der Waals surface area contributed by atoms with Crippen molar-refractivity contribution in [3.8, 4) is 0 Å². The standard InChI is InChI=1S/C16H14FNO/c17-13-3-1-2-11(10-13)15(19)16(8-9-16)12-4-6-14(18)7-5-12/h1-7,10H,8-9,18H2. The predicted octanol–water partition coefficient (Wildman–Crippen LogP) is 3.32. The molecule has 2 N–H and O–H groups in total. The van der Waals surface area contributed by atoms with Crippen molar-refractivity contribution in [2.75, 3.05) is 5.73 Å². The molecule has 0 heterocycles. The second kappa shape index (κ2) is 4.19. The number of benzene rings is 2. The number of nitrogens with two attached hydrogens (primary N) is 1. The molecule has 1 aliphatic carbocycles. The van der Waals surface area contributed by atoms with E-state index in [9.17, 15) is 9.18 Å². The van der Waals surface area contributed by atoms with Crippen molar-refractivity contribution in [3.05, 3.63) is 65.5 Å². The summed E-state index contributed by atoms with van der Waals surface area (Å²) in [4.78, 5) is 12.6. The van der Waals surface area contributed by atoms with E-state index >= 15 is 0 Å². The van der Waals surface area contributed by atoms with Crippen molar-refractivity contribution in [1.29, 1.82) is 0 Å². The van der Waals surface area contributed by atoms with Gasteiger partial charge in [0.1, 0.15) is 5.82 Å². The molecule has 3 heteroatoms. The van der Waals surface area contributed by atoms with Gasteiger partial charge >= 0.3 is 0 Å². The largest absolute Gasteiger partial charge is 0.399 e. The molecule has 0 bridgehead atoms. The Morgan fingerprint density at radius 1 is 1.11 bits per heavy atom. The smallest absolute Gasteiger partial charge is 0.173 e. The predicted molar refractivity (Wildman–Crippen MR) is 72.5 cm³/mol. The van der Waals surface area contributed by atoms with Gasteiger partial charge in [-0.15, -0.1) is 0 Å². The number of Topliss-reactive ketones (excluding diaryl/α,β-unsaturated/α-hetero) is 1. The van der Waals surface area contributed by atoms with Crippen LogP contribution in [0.3, 0.4) is 0 Å². The Bertz CT molecular complexity index is 629. The molecular weight excluding hydrogens is 241 g/mol. The highest BCUT2D eigenvalue weighted by atomic mass is 19.1. The van der Waals surface area contributed by atoms with Crippen LogP contribution in [-0.4, -0.2) is 5.78 Å². The first-order valence-electron chi connectivity index (χ1n) is 6.28. The van der Waals surface area contributed by atoms with E-state index in [-0.39, 0.29) is 11.6 Å². The molecule has 0 aliphatic heterocycles. The van der Waals surface area contributed by atoms with Gasteiger partial charge in [0.15, 0.2) is 5.78 Å². The molecule has 96 valence electrons. The van der Waals surface area contributed by atoms with Crippen LogP contribution in [0.25, 0.3) is 0 Å². The molecule has 0 amide bonds. The second-order valence-corrected chi connectivity index (χ2v) is 5.04. The Balaban J connectivity index is 1.97. The zero-order valence-electron chi connectivity index (χ0n) is 10.4. The van der Waals surface area contributed by atoms with Crippen LogP contribution in [0, 0.1) is 5.82 Å². The van der Waals surface area contributed by atoms with Gasteiger partial charge in [0.05, 0.1) is 5.41 Å². The summed E-state index contributed by atoms with van der Waals surface area (Å²) in [6.07, 6.45) is 1.62. The summed E-state index contributed by atoms with van der Waals surface area (Å²) in [7, 11) is 0. The fourth-order valence-corrected chi connectivity index (χ4v) is 2.48. The molecule has 19 heavy (non-hydrogen) atoms. The number of carbonyl (C=O) groups is 1. The average Bonchev–Trinajstić information content (AvgIpc) is 3.20. The first kappa shape index (κ1) is 11.9. The number of nitrogen functional groups attached to an aromatic ring is 1. The molecule has 1 fully saturated rings. The van der Waals surface area contributed by atoms with Crippen LogP contribution < -0.4 is 5.73 Å². The van der Waals surface area contributed by atoms with Crippen molar-refractivity contribution in [2.45, 2.75) is 18.3 Å². The monoisotopic (exact) mass is 255 g/mol. The van der Waals surface area contributed by atoms with Crippen LogP contribution in [0.4, 0.5) is 10.1 Å².